The van der Waals surface area contributed by atoms with E-state index in [-0.39, 0.29) is 17.4 Å². The number of nitrogens with one attached hydrogen (secondary N) is 3. The normalized spacial score (nSPS) is 16.2. The molecule has 2 aliphatic heterocycles. The SMILES string of the molecule is C1CCNCC1.Cc1c(C)n(Cc2ccc(-c3cccc(C(C)(C)C)c3C(=O)O)cc2)c2ccc(C(=O)N[C@@H](C)C3CCNCC3)cc12. The van der Waals surface area contributed by atoms with Crippen LogP contribution in [0.5, 0.6) is 0 Å². The van der Waals surface area contributed by atoms with Gasteiger partial charge in [-0.1, -0.05) is 69.7 Å². The largest absolute Gasteiger partial charge is 0.478 e. The lowest BCUT2D eigenvalue weighted by atomic mass is 9.81. The molecule has 48 heavy (non-hydrogen) atoms. The van der Waals surface area contributed by atoms with E-state index in [1.165, 1.54) is 43.6 Å². The first kappa shape index (κ1) is 35.4. The van der Waals surface area contributed by atoms with E-state index in [1.807, 2.05) is 63.2 Å². The van der Waals surface area contributed by atoms with Gasteiger partial charge in [0.05, 0.1) is 5.56 Å². The predicted octanol–water partition coefficient (Wildman–Crippen LogP) is 7.85. The highest BCUT2D eigenvalue weighted by Gasteiger charge is 2.25. The van der Waals surface area contributed by atoms with Crippen LogP contribution in [0.3, 0.4) is 0 Å². The number of aromatic nitrogens is 1. The summed E-state index contributed by atoms with van der Waals surface area (Å²) in [6.07, 6.45) is 6.40. The van der Waals surface area contributed by atoms with Gasteiger partial charge in [-0.25, -0.2) is 4.79 Å². The molecular formula is C41H54N4O3. The van der Waals surface area contributed by atoms with Crippen molar-refractivity contribution in [1.29, 1.82) is 0 Å². The van der Waals surface area contributed by atoms with Crippen LogP contribution >= 0.6 is 0 Å². The van der Waals surface area contributed by atoms with Crippen LogP contribution in [0.2, 0.25) is 0 Å². The Balaban J connectivity index is 0.000000677. The average molecular weight is 651 g/mol. The summed E-state index contributed by atoms with van der Waals surface area (Å²) >= 11 is 0. The third-order valence-electron chi connectivity index (χ3n) is 10.2. The van der Waals surface area contributed by atoms with E-state index in [9.17, 15) is 14.7 Å². The lowest BCUT2D eigenvalue weighted by Gasteiger charge is -2.28. The lowest BCUT2D eigenvalue weighted by molar-refractivity contribution is 0.0694. The van der Waals surface area contributed by atoms with Crippen molar-refractivity contribution in [2.24, 2.45) is 5.92 Å². The predicted molar refractivity (Wildman–Crippen MR) is 197 cm³/mol. The summed E-state index contributed by atoms with van der Waals surface area (Å²) < 4.78 is 2.29. The number of amides is 1. The molecule has 1 aromatic heterocycles. The van der Waals surface area contributed by atoms with Crippen LogP contribution in [0.15, 0.2) is 60.7 Å². The van der Waals surface area contributed by atoms with Crippen molar-refractivity contribution in [1.82, 2.24) is 20.5 Å². The molecule has 0 spiro atoms. The number of carbonyl (C=O) groups is 2. The molecule has 1 atom stereocenters. The summed E-state index contributed by atoms with van der Waals surface area (Å²) in [6.45, 7) is 17.7. The van der Waals surface area contributed by atoms with Crippen LogP contribution in [0.4, 0.5) is 0 Å². The van der Waals surface area contributed by atoms with Gasteiger partial charge in [0.25, 0.3) is 5.91 Å². The fourth-order valence-corrected chi connectivity index (χ4v) is 7.17. The van der Waals surface area contributed by atoms with E-state index >= 15 is 0 Å². The molecule has 0 saturated carbocycles. The van der Waals surface area contributed by atoms with Crippen LogP contribution < -0.4 is 16.0 Å². The van der Waals surface area contributed by atoms with Gasteiger partial charge in [0.2, 0.25) is 0 Å². The number of carbonyl (C=O) groups excluding carboxylic acids is 1. The van der Waals surface area contributed by atoms with E-state index in [4.69, 9.17) is 0 Å². The van der Waals surface area contributed by atoms with Crippen LogP contribution in [-0.4, -0.2) is 53.8 Å². The molecule has 0 aliphatic carbocycles. The lowest BCUT2D eigenvalue weighted by Crippen LogP contribution is -2.42. The molecule has 2 saturated heterocycles. The van der Waals surface area contributed by atoms with Gasteiger partial charge in [-0.3, -0.25) is 4.79 Å². The molecule has 0 unspecified atom stereocenters. The number of hydrogen-bond acceptors (Lipinski definition) is 4. The Bertz CT molecular complexity index is 1710. The molecule has 0 radical (unpaired) electrons. The Morgan fingerprint density at radius 2 is 1.58 bits per heavy atom. The van der Waals surface area contributed by atoms with Gasteiger partial charge in [-0.05, 0) is 130 Å². The molecule has 6 rings (SSSR count). The Kier molecular flexibility index (Phi) is 11.4. The van der Waals surface area contributed by atoms with Crippen molar-refractivity contribution in [3.63, 3.8) is 0 Å². The summed E-state index contributed by atoms with van der Waals surface area (Å²) in [5.74, 6) is -0.411. The summed E-state index contributed by atoms with van der Waals surface area (Å²) in [4.78, 5) is 25.5. The summed E-state index contributed by atoms with van der Waals surface area (Å²) in [5.41, 5.74) is 7.81. The minimum absolute atomic E-state index is 0.0143. The summed E-state index contributed by atoms with van der Waals surface area (Å²) in [7, 11) is 0. The molecule has 4 aromatic rings. The van der Waals surface area contributed by atoms with Crippen molar-refractivity contribution >= 4 is 22.8 Å². The van der Waals surface area contributed by atoms with E-state index < -0.39 is 5.97 Å². The number of hydrogen-bond donors (Lipinski definition) is 4. The number of carboxylic acids is 1. The second-order valence-electron chi connectivity index (χ2n) is 14.7. The van der Waals surface area contributed by atoms with Gasteiger partial charge in [0.1, 0.15) is 0 Å². The second-order valence-corrected chi connectivity index (χ2v) is 14.7. The second kappa shape index (κ2) is 15.5. The van der Waals surface area contributed by atoms with Gasteiger partial charge >= 0.3 is 5.97 Å². The molecule has 3 heterocycles. The minimum Gasteiger partial charge on any atom is -0.478 e. The first-order valence-corrected chi connectivity index (χ1v) is 17.7. The third-order valence-corrected chi connectivity index (χ3v) is 10.2. The summed E-state index contributed by atoms with van der Waals surface area (Å²) in [6, 6.07) is 20.1. The zero-order valence-electron chi connectivity index (χ0n) is 29.7. The number of nitrogens with zero attached hydrogens (tertiary/aromatic N) is 1. The maximum Gasteiger partial charge on any atom is 0.336 e. The zero-order chi connectivity index (χ0) is 34.4. The highest BCUT2D eigenvalue weighted by Crippen LogP contribution is 2.34. The third kappa shape index (κ3) is 8.19. The molecule has 7 nitrogen and oxygen atoms in total. The molecule has 2 aliphatic rings. The van der Waals surface area contributed by atoms with Crippen LogP contribution in [-0.2, 0) is 12.0 Å². The quantitative estimate of drug-likeness (QED) is 0.163. The highest BCUT2D eigenvalue weighted by molar-refractivity contribution is 6.00. The number of fused-ring (bicyclic) bond motifs is 1. The Morgan fingerprint density at radius 3 is 2.17 bits per heavy atom. The average Bonchev–Trinajstić information content (AvgIpc) is 3.33. The molecule has 7 heteroatoms. The first-order valence-electron chi connectivity index (χ1n) is 17.7. The smallest absolute Gasteiger partial charge is 0.336 e. The fourth-order valence-electron chi connectivity index (χ4n) is 7.17. The van der Waals surface area contributed by atoms with Gasteiger partial charge in [-0.15, -0.1) is 0 Å². The Morgan fingerprint density at radius 1 is 0.917 bits per heavy atom. The number of benzene rings is 3. The monoisotopic (exact) mass is 650 g/mol. The maximum atomic E-state index is 13.2. The number of rotatable bonds is 7. The van der Waals surface area contributed by atoms with E-state index in [1.54, 1.807) is 0 Å². The first-order chi connectivity index (χ1) is 23.0. The van der Waals surface area contributed by atoms with Gasteiger partial charge in [-0.2, -0.15) is 0 Å². The maximum absolute atomic E-state index is 13.2. The Labute approximate surface area is 286 Å². The number of carboxylic acid groups (broad SMARTS) is 1. The molecular weight excluding hydrogens is 596 g/mol. The van der Waals surface area contributed by atoms with Crippen LogP contribution in [0.25, 0.3) is 22.0 Å². The molecule has 3 aromatic carbocycles. The van der Waals surface area contributed by atoms with E-state index in [0.717, 1.165) is 59.1 Å². The number of aromatic carboxylic acids is 1. The molecule has 256 valence electrons. The van der Waals surface area contributed by atoms with E-state index in [2.05, 4.69) is 59.5 Å². The van der Waals surface area contributed by atoms with Crippen molar-refractivity contribution in [3.05, 3.63) is 94.2 Å². The highest BCUT2D eigenvalue weighted by atomic mass is 16.4. The van der Waals surface area contributed by atoms with Gasteiger partial charge < -0.3 is 25.6 Å². The van der Waals surface area contributed by atoms with Crippen molar-refractivity contribution < 1.29 is 14.7 Å². The van der Waals surface area contributed by atoms with E-state index in [0.29, 0.717) is 23.6 Å². The van der Waals surface area contributed by atoms with Gasteiger partial charge in [0.15, 0.2) is 0 Å². The molecule has 4 N–H and O–H groups in total. The zero-order valence-corrected chi connectivity index (χ0v) is 29.7. The van der Waals surface area contributed by atoms with Gasteiger partial charge in [0, 0.05) is 34.7 Å². The Hall–Kier alpha value is -3.94. The molecule has 1 amide bonds. The van der Waals surface area contributed by atoms with Crippen molar-refractivity contribution in [3.8, 4) is 11.1 Å². The topological polar surface area (TPSA) is 95.4 Å². The minimum atomic E-state index is -0.904. The summed E-state index contributed by atoms with van der Waals surface area (Å²) in [5, 5.41) is 21.1. The standard InChI is InChI=1S/C36H43N3O3.C5H11N/c1-22-24(3)39(32-15-14-28(20-30(22)32)34(40)38-23(2)26-16-18-37-19-17-26)21-25-10-12-27(13-11-25)29-8-7-9-31(36(4,5)6)33(29)35(41)42;1-2-4-6-5-3-1/h7-15,20,23,26,37H,16-19,21H2,1-6H3,(H,38,40)(H,41,42);6H,1-5H2/t23-;/m0./s1. The molecule has 0 bridgehead atoms. The van der Waals surface area contributed by atoms with Crippen molar-refractivity contribution in [2.45, 2.75) is 91.6 Å². The van der Waals surface area contributed by atoms with Crippen LogP contribution in [0, 0.1) is 19.8 Å². The fraction of sp³-hybridized carbons (Fsp3) is 0.463. The molecule has 2 fully saturated rings. The number of aryl methyl sites for hydroxylation is 1. The number of piperidine rings is 2. The van der Waals surface area contributed by atoms with Crippen molar-refractivity contribution in [2.75, 3.05) is 26.2 Å². The van der Waals surface area contributed by atoms with Crippen LogP contribution in [0.1, 0.15) is 103 Å².